The summed E-state index contributed by atoms with van der Waals surface area (Å²) >= 11 is 0. The van der Waals surface area contributed by atoms with Crippen LogP contribution in [0.5, 0.6) is 0 Å². The number of carbonyl (C=O) groups excluding carboxylic acids is 3. The molecule has 3 amide bonds. The second-order valence-corrected chi connectivity index (χ2v) is 11.9. The zero-order chi connectivity index (χ0) is 30.9. The quantitative estimate of drug-likeness (QED) is 0.324. The van der Waals surface area contributed by atoms with Crippen molar-refractivity contribution in [1.82, 2.24) is 20.9 Å². The largest absolute Gasteiger partial charge is 0.445 e. The number of amides is 3. The van der Waals surface area contributed by atoms with Crippen LogP contribution in [0.15, 0.2) is 60.7 Å². The van der Waals surface area contributed by atoms with Crippen molar-refractivity contribution in [3.8, 4) is 0 Å². The first kappa shape index (κ1) is 36.4. The monoisotopic (exact) mass is 612 g/mol. The van der Waals surface area contributed by atoms with Gasteiger partial charge < -0.3 is 35.1 Å². The highest BCUT2D eigenvalue weighted by Gasteiger charge is 2.27. The van der Waals surface area contributed by atoms with E-state index in [-0.39, 0.29) is 38.3 Å². The maximum atomic E-state index is 12.3. The molecule has 2 aliphatic rings. The Bertz CT molecular complexity index is 1100. The van der Waals surface area contributed by atoms with Gasteiger partial charge in [-0.2, -0.15) is 0 Å². The third-order valence-electron chi connectivity index (χ3n) is 6.94. The molecule has 0 aromatic heterocycles. The number of benzene rings is 2. The molecule has 10 heteroatoms. The maximum absolute atomic E-state index is 12.3. The summed E-state index contributed by atoms with van der Waals surface area (Å²) < 4.78 is 15.9. The molecule has 0 radical (unpaired) electrons. The first-order valence-corrected chi connectivity index (χ1v) is 15.3. The Hall–Kier alpha value is -3.79. The van der Waals surface area contributed by atoms with Gasteiger partial charge in [0, 0.05) is 31.7 Å². The van der Waals surface area contributed by atoms with E-state index in [1.54, 1.807) is 4.90 Å². The predicted octanol–water partition coefficient (Wildman–Crippen LogP) is 6.39. The Kier molecular flexibility index (Phi) is 16.1. The number of hydrogen-bond acceptors (Lipinski definition) is 7. The molecule has 2 unspecified atom stereocenters. The molecule has 0 spiro atoms. The molecule has 244 valence electrons. The van der Waals surface area contributed by atoms with Crippen LogP contribution in [0.3, 0.4) is 0 Å². The number of nitrogens with one attached hydrogen (secondary N) is 3. The normalized spacial score (nSPS) is 18.5. The zero-order valence-electron chi connectivity index (χ0n) is 25.8. The topological polar surface area (TPSA) is 118 Å². The summed E-state index contributed by atoms with van der Waals surface area (Å²) in [6.45, 7) is 9.05. The fourth-order valence-electron chi connectivity index (χ4n) is 4.76. The lowest BCUT2D eigenvalue weighted by atomic mass is 10.1. The fraction of sp³-hybridized carbons (Fsp3) is 0.559. The summed E-state index contributed by atoms with van der Waals surface area (Å²) in [6.07, 6.45) is 4.90. The fourth-order valence-corrected chi connectivity index (χ4v) is 4.76. The third-order valence-corrected chi connectivity index (χ3v) is 6.94. The maximum Gasteiger partial charge on any atom is 0.410 e. The van der Waals surface area contributed by atoms with Gasteiger partial charge >= 0.3 is 18.3 Å². The molecule has 10 nitrogen and oxygen atoms in total. The molecule has 2 heterocycles. The van der Waals surface area contributed by atoms with Crippen molar-refractivity contribution >= 4 is 18.3 Å². The molecule has 2 aromatic rings. The molecule has 2 fully saturated rings. The minimum atomic E-state index is -0.527. The molecule has 44 heavy (non-hydrogen) atoms. The summed E-state index contributed by atoms with van der Waals surface area (Å²) in [5.74, 6) is 0. The average Bonchev–Trinajstić information content (AvgIpc) is 3.39. The molecule has 0 aliphatic carbocycles. The van der Waals surface area contributed by atoms with E-state index >= 15 is 0 Å². The van der Waals surface area contributed by atoms with Gasteiger partial charge in [-0.15, -0.1) is 0 Å². The molecule has 4 rings (SSSR count). The minimum Gasteiger partial charge on any atom is -0.445 e. The van der Waals surface area contributed by atoms with Crippen molar-refractivity contribution in [2.75, 3.05) is 26.2 Å². The van der Waals surface area contributed by atoms with E-state index < -0.39 is 11.7 Å². The van der Waals surface area contributed by atoms with E-state index in [1.807, 2.05) is 81.4 Å². The molecule has 3 N–H and O–H groups in total. The van der Waals surface area contributed by atoms with Crippen molar-refractivity contribution in [2.45, 2.75) is 97.6 Å². The number of rotatable bonds is 6. The van der Waals surface area contributed by atoms with E-state index in [9.17, 15) is 14.4 Å². The van der Waals surface area contributed by atoms with Crippen LogP contribution >= 0.6 is 0 Å². The lowest BCUT2D eigenvalue weighted by Crippen LogP contribution is -2.46. The second kappa shape index (κ2) is 19.5. The number of carbonyl (C=O) groups is 3. The van der Waals surface area contributed by atoms with Crippen molar-refractivity contribution in [3.63, 3.8) is 0 Å². The molecular weight excluding hydrogens is 560 g/mol. The van der Waals surface area contributed by atoms with Gasteiger partial charge in [-0.1, -0.05) is 74.5 Å². The average molecular weight is 613 g/mol. The Labute approximate surface area is 263 Å². The SMILES string of the molecule is C.CC(C)(C)OC(=O)N1CCCCC(NC(=O)OCc2ccccc2)C1.O=C(NC1CCCCNC1)OCc1ccccc1. The minimum absolute atomic E-state index is 0. The summed E-state index contributed by atoms with van der Waals surface area (Å²) in [6, 6.07) is 19.3. The van der Waals surface area contributed by atoms with Gasteiger partial charge in [-0.05, 0) is 70.5 Å². The number of nitrogens with zero attached hydrogens (tertiary/aromatic N) is 1. The first-order valence-electron chi connectivity index (χ1n) is 15.3. The van der Waals surface area contributed by atoms with Crippen LogP contribution in [-0.4, -0.2) is 67.0 Å². The Morgan fingerprint density at radius 3 is 1.89 bits per heavy atom. The van der Waals surface area contributed by atoms with E-state index in [0.717, 1.165) is 56.3 Å². The molecule has 0 bridgehead atoms. The van der Waals surface area contributed by atoms with Crippen LogP contribution in [-0.2, 0) is 27.4 Å². The third kappa shape index (κ3) is 15.1. The van der Waals surface area contributed by atoms with Crippen LogP contribution in [0.25, 0.3) is 0 Å². The van der Waals surface area contributed by atoms with Gasteiger partial charge in [0.2, 0.25) is 0 Å². The Balaban J connectivity index is 0.000000315. The van der Waals surface area contributed by atoms with Crippen molar-refractivity contribution < 1.29 is 28.6 Å². The smallest absolute Gasteiger partial charge is 0.410 e. The summed E-state index contributed by atoms with van der Waals surface area (Å²) in [5.41, 5.74) is 1.42. The van der Waals surface area contributed by atoms with Crippen LogP contribution in [0, 0.1) is 0 Å². The van der Waals surface area contributed by atoms with Gasteiger partial charge in [-0.3, -0.25) is 0 Å². The zero-order valence-corrected chi connectivity index (χ0v) is 25.8. The van der Waals surface area contributed by atoms with Gasteiger partial charge in [0.05, 0.1) is 0 Å². The van der Waals surface area contributed by atoms with Gasteiger partial charge in [0.1, 0.15) is 18.8 Å². The van der Waals surface area contributed by atoms with Crippen LogP contribution in [0.1, 0.15) is 77.8 Å². The van der Waals surface area contributed by atoms with Crippen molar-refractivity contribution in [1.29, 1.82) is 0 Å². The van der Waals surface area contributed by atoms with Crippen molar-refractivity contribution in [2.24, 2.45) is 0 Å². The van der Waals surface area contributed by atoms with Crippen molar-refractivity contribution in [3.05, 3.63) is 71.8 Å². The lowest BCUT2D eigenvalue weighted by Gasteiger charge is -2.28. The lowest BCUT2D eigenvalue weighted by molar-refractivity contribution is 0.0241. The van der Waals surface area contributed by atoms with E-state index in [4.69, 9.17) is 14.2 Å². The number of ether oxygens (including phenoxy) is 3. The standard InChI is InChI=1S/C19H28N2O4.C14H20N2O2.CH4/c1-19(2,3)25-18(23)21-12-8-7-11-16(13-21)20-17(22)24-14-15-9-5-4-6-10-15;17-14(16-13-8-4-5-9-15-10-13)18-11-12-6-2-1-3-7-12;/h4-6,9-10,16H,7-8,11-14H2,1-3H3,(H,20,22);1-3,6-7,13,15H,4-5,8-11H2,(H,16,17);1H4. The molecular formula is C34H52N4O6. The Morgan fingerprint density at radius 1 is 0.795 bits per heavy atom. The van der Waals surface area contributed by atoms with E-state index in [2.05, 4.69) is 16.0 Å². The number of likely N-dealkylation sites (tertiary alicyclic amines) is 1. The molecule has 0 saturated carbocycles. The summed E-state index contributed by atoms with van der Waals surface area (Å²) in [4.78, 5) is 37.6. The molecule has 2 aromatic carbocycles. The Morgan fingerprint density at radius 2 is 1.32 bits per heavy atom. The highest BCUT2D eigenvalue weighted by atomic mass is 16.6. The van der Waals surface area contributed by atoms with E-state index in [1.165, 1.54) is 6.42 Å². The highest BCUT2D eigenvalue weighted by molar-refractivity contribution is 5.69. The summed E-state index contributed by atoms with van der Waals surface area (Å²) in [7, 11) is 0. The highest BCUT2D eigenvalue weighted by Crippen LogP contribution is 2.16. The van der Waals surface area contributed by atoms with Crippen LogP contribution < -0.4 is 16.0 Å². The molecule has 2 saturated heterocycles. The van der Waals surface area contributed by atoms with Crippen LogP contribution in [0.4, 0.5) is 14.4 Å². The predicted molar refractivity (Wildman–Crippen MR) is 172 cm³/mol. The van der Waals surface area contributed by atoms with Gasteiger partial charge in [-0.25, -0.2) is 14.4 Å². The first-order chi connectivity index (χ1) is 20.7. The van der Waals surface area contributed by atoms with E-state index in [0.29, 0.717) is 19.7 Å². The summed E-state index contributed by atoms with van der Waals surface area (Å²) in [5, 5.41) is 9.08. The molecule has 2 atom stereocenters. The van der Waals surface area contributed by atoms with Gasteiger partial charge in [0.15, 0.2) is 0 Å². The van der Waals surface area contributed by atoms with Gasteiger partial charge in [0.25, 0.3) is 0 Å². The number of hydrogen-bond donors (Lipinski definition) is 3. The molecule has 2 aliphatic heterocycles. The second-order valence-electron chi connectivity index (χ2n) is 11.9. The van der Waals surface area contributed by atoms with Crippen LogP contribution in [0.2, 0.25) is 0 Å². The number of alkyl carbamates (subject to hydrolysis) is 2.